The smallest absolute Gasteiger partial charge is 0.0868 e. The highest BCUT2D eigenvalue weighted by Gasteiger charge is 1.95. The standard InChI is InChI=1S/C7H8NS/c8-7(9)6-4-2-1-3-5-6/h1-5,7H,8H2. The van der Waals surface area contributed by atoms with Crippen LogP contribution < -0.4 is 5.73 Å². The van der Waals surface area contributed by atoms with Gasteiger partial charge in [-0.2, -0.15) is 0 Å². The summed E-state index contributed by atoms with van der Waals surface area (Å²) >= 11 is 4.82. The molecular weight excluding hydrogens is 130 g/mol. The third-order valence-electron chi connectivity index (χ3n) is 1.13. The van der Waals surface area contributed by atoms with Crippen LogP contribution in [0.3, 0.4) is 0 Å². The Morgan fingerprint density at radius 1 is 1.22 bits per heavy atom. The first-order valence-corrected chi connectivity index (χ1v) is 3.24. The summed E-state index contributed by atoms with van der Waals surface area (Å²) in [6, 6.07) is 9.67. The molecule has 47 valence electrons. The predicted octanol–water partition coefficient (Wildman–Crippen LogP) is 1.84. The maximum atomic E-state index is 5.43. The largest absolute Gasteiger partial charge is 0.315 e. The van der Waals surface area contributed by atoms with Crippen LogP contribution in [-0.2, 0) is 0 Å². The molecule has 0 aliphatic carbocycles. The molecule has 0 saturated carbocycles. The fourth-order valence-corrected chi connectivity index (χ4v) is 0.800. The highest BCUT2D eigenvalue weighted by molar-refractivity contribution is 7.80. The molecule has 1 nitrogen and oxygen atoms in total. The Kier molecular flexibility index (Phi) is 2.14. The van der Waals surface area contributed by atoms with Gasteiger partial charge in [-0.05, 0) is 5.56 Å². The van der Waals surface area contributed by atoms with Gasteiger partial charge in [-0.15, -0.1) is 0 Å². The molecule has 1 aromatic rings. The highest BCUT2D eigenvalue weighted by Crippen LogP contribution is 2.11. The number of hydrogen-bond donors (Lipinski definition) is 1. The van der Waals surface area contributed by atoms with Crippen LogP contribution in [0.1, 0.15) is 10.9 Å². The molecule has 0 heterocycles. The second kappa shape index (κ2) is 2.90. The summed E-state index contributed by atoms with van der Waals surface area (Å²) in [6.07, 6.45) is 0. The van der Waals surface area contributed by atoms with Crippen molar-refractivity contribution in [2.45, 2.75) is 5.37 Å². The van der Waals surface area contributed by atoms with Gasteiger partial charge in [-0.3, -0.25) is 0 Å². The van der Waals surface area contributed by atoms with E-state index in [-0.39, 0.29) is 5.37 Å². The van der Waals surface area contributed by atoms with Gasteiger partial charge >= 0.3 is 0 Å². The zero-order valence-electron chi connectivity index (χ0n) is 4.95. The van der Waals surface area contributed by atoms with Crippen molar-refractivity contribution in [3.63, 3.8) is 0 Å². The molecule has 0 saturated heterocycles. The maximum absolute atomic E-state index is 5.43. The van der Waals surface area contributed by atoms with Crippen molar-refractivity contribution in [1.82, 2.24) is 0 Å². The lowest BCUT2D eigenvalue weighted by Crippen LogP contribution is -2.00. The molecular formula is C7H8NS. The van der Waals surface area contributed by atoms with Crippen LogP contribution in [0.5, 0.6) is 0 Å². The van der Waals surface area contributed by atoms with Crippen molar-refractivity contribution in [3.8, 4) is 0 Å². The van der Waals surface area contributed by atoms with Crippen molar-refractivity contribution >= 4 is 12.6 Å². The van der Waals surface area contributed by atoms with Crippen molar-refractivity contribution in [1.29, 1.82) is 0 Å². The average Bonchev–Trinajstić information content (AvgIpc) is 1.90. The lowest BCUT2D eigenvalue weighted by atomic mass is 10.2. The van der Waals surface area contributed by atoms with Crippen molar-refractivity contribution in [2.75, 3.05) is 0 Å². The first-order valence-electron chi connectivity index (χ1n) is 2.77. The molecule has 1 unspecified atom stereocenters. The predicted molar refractivity (Wildman–Crippen MR) is 41.0 cm³/mol. The summed E-state index contributed by atoms with van der Waals surface area (Å²) in [7, 11) is 0. The van der Waals surface area contributed by atoms with Gasteiger partial charge < -0.3 is 5.73 Å². The minimum absolute atomic E-state index is 0.258. The summed E-state index contributed by atoms with van der Waals surface area (Å²) < 4.78 is 0. The van der Waals surface area contributed by atoms with Gasteiger partial charge in [0.1, 0.15) is 0 Å². The van der Waals surface area contributed by atoms with Crippen molar-refractivity contribution in [2.24, 2.45) is 5.73 Å². The average molecular weight is 138 g/mol. The molecule has 1 radical (unpaired) electrons. The van der Waals surface area contributed by atoms with E-state index >= 15 is 0 Å². The fraction of sp³-hybridized carbons (Fsp3) is 0.143. The zero-order chi connectivity index (χ0) is 6.69. The van der Waals surface area contributed by atoms with Gasteiger partial charge in [0.2, 0.25) is 0 Å². The van der Waals surface area contributed by atoms with E-state index < -0.39 is 0 Å². The molecule has 9 heavy (non-hydrogen) atoms. The second-order valence-electron chi connectivity index (χ2n) is 1.83. The molecule has 0 aliphatic heterocycles. The van der Waals surface area contributed by atoms with Gasteiger partial charge in [0.15, 0.2) is 0 Å². The number of hydrogen-bond acceptors (Lipinski definition) is 1. The van der Waals surface area contributed by atoms with E-state index in [1.54, 1.807) is 0 Å². The monoisotopic (exact) mass is 138 g/mol. The van der Waals surface area contributed by atoms with Gasteiger partial charge in [0.25, 0.3) is 0 Å². The number of nitrogens with two attached hydrogens (primary N) is 1. The van der Waals surface area contributed by atoms with Crippen LogP contribution >= 0.6 is 12.6 Å². The molecule has 0 amide bonds. The molecule has 0 bridgehead atoms. The Labute approximate surface area is 60.3 Å². The summed E-state index contributed by atoms with van der Waals surface area (Å²) in [4.78, 5) is 0. The second-order valence-corrected chi connectivity index (χ2v) is 2.34. The van der Waals surface area contributed by atoms with E-state index in [2.05, 4.69) is 0 Å². The normalized spacial score (nSPS) is 13.1. The van der Waals surface area contributed by atoms with E-state index in [4.69, 9.17) is 18.4 Å². The topological polar surface area (TPSA) is 26.0 Å². The fourth-order valence-electron chi connectivity index (χ4n) is 0.643. The van der Waals surface area contributed by atoms with Gasteiger partial charge in [0, 0.05) is 0 Å². The first-order chi connectivity index (χ1) is 4.30. The molecule has 0 aromatic heterocycles. The molecule has 1 rings (SSSR count). The minimum atomic E-state index is -0.258. The molecule has 0 spiro atoms. The Morgan fingerprint density at radius 2 is 1.78 bits per heavy atom. The molecule has 0 aliphatic rings. The zero-order valence-corrected chi connectivity index (χ0v) is 5.77. The Balaban J connectivity index is 2.85. The van der Waals surface area contributed by atoms with Gasteiger partial charge in [-0.1, -0.05) is 43.0 Å². The lowest BCUT2D eigenvalue weighted by Gasteiger charge is -2.00. The van der Waals surface area contributed by atoms with E-state index in [1.165, 1.54) is 0 Å². The summed E-state index contributed by atoms with van der Waals surface area (Å²) in [5.74, 6) is 0. The van der Waals surface area contributed by atoms with Crippen molar-refractivity contribution < 1.29 is 0 Å². The highest BCUT2D eigenvalue weighted by atomic mass is 32.1. The third kappa shape index (κ3) is 1.73. The number of rotatable bonds is 1. The first kappa shape index (κ1) is 6.65. The van der Waals surface area contributed by atoms with Crippen molar-refractivity contribution in [3.05, 3.63) is 35.9 Å². The van der Waals surface area contributed by atoms with Crippen LogP contribution in [0.15, 0.2) is 30.3 Å². The summed E-state index contributed by atoms with van der Waals surface area (Å²) in [6.45, 7) is 0. The molecule has 1 aromatic carbocycles. The van der Waals surface area contributed by atoms with E-state index in [0.29, 0.717) is 0 Å². The van der Waals surface area contributed by atoms with Crippen LogP contribution in [0.2, 0.25) is 0 Å². The van der Waals surface area contributed by atoms with Crippen LogP contribution in [0.25, 0.3) is 0 Å². The maximum Gasteiger partial charge on any atom is 0.0868 e. The van der Waals surface area contributed by atoms with E-state index in [0.717, 1.165) is 5.56 Å². The molecule has 0 fully saturated rings. The third-order valence-corrected chi connectivity index (χ3v) is 1.40. The summed E-state index contributed by atoms with van der Waals surface area (Å²) in [5, 5.41) is -0.258. The van der Waals surface area contributed by atoms with Crippen LogP contribution in [0, 0.1) is 0 Å². The molecule has 1 atom stereocenters. The van der Waals surface area contributed by atoms with Crippen LogP contribution in [0.4, 0.5) is 0 Å². The lowest BCUT2D eigenvalue weighted by molar-refractivity contribution is 1.04. The SMILES string of the molecule is NC([S])c1ccccc1. The van der Waals surface area contributed by atoms with E-state index in [1.807, 2.05) is 30.3 Å². The quantitative estimate of drug-likeness (QED) is 0.629. The molecule has 2 heteroatoms. The Bertz CT molecular complexity index is 172. The van der Waals surface area contributed by atoms with Gasteiger partial charge in [-0.25, -0.2) is 0 Å². The minimum Gasteiger partial charge on any atom is -0.315 e. The Morgan fingerprint density at radius 3 is 2.11 bits per heavy atom. The summed E-state index contributed by atoms with van der Waals surface area (Å²) in [5.41, 5.74) is 6.44. The van der Waals surface area contributed by atoms with Crippen LogP contribution in [-0.4, -0.2) is 0 Å². The van der Waals surface area contributed by atoms with Gasteiger partial charge in [0.05, 0.1) is 5.37 Å². The Hall–Kier alpha value is -0.470. The van der Waals surface area contributed by atoms with E-state index in [9.17, 15) is 0 Å². The number of benzene rings is 1. The molecule has 2 N–H and O–H groups in total.